The molecule has 6 rings (SSSR count). The van der Waals surface area contributed by atoms with Crippen LogP contribution < -0.4 is 4.90 Å². The molecule has 216 valence electrons. The van der Waals surface area contributed by atoms with E-state index in [1.807, 2.05) is 55.5 Å². The van der Waals surface area contributed by atoms with Gasteiger partial charge in [0.05, 0.1) is 16.4 Å². The third-order valence-electron chi connectivity index (χ3n) is 7.90. The molecule has 8 nitrogen and oxygen atoms in total. The lowest BCUT2D eigenvalue weighted by molar-refractivity contribution is -0.126. The minimum atomic E-state index is -0.353. The maximum absolute atomic E-state index is 13.1. The Morgan fingerprint density at radius 2 is 1.90 bits per heavy atom. The molecule has 2 aromatic carbocycles. The van der Waals surface area contributed by atoms with Crippen molar-refractivity contribution in [3.05, 3.63) is 76.2 Å². The van der Waals surface area contributed by atoms with Gasteiger partial charge in [-0.2, -0.15) is 0 Å². The number of aromatic nitrogens is 1. The molecule has 1 fully saturated rings. The first kappa shape index (κ1) is 28.2. The van der Waals surface area contributed by atoms with E-state index in [0.717, 1.165) is 45.2 Å². The second kappa shape index (κ2) is 12.1. The molecule has 1 saturated heterocycles. The maximum Gasteiger partial charge on any atom is 0.327 e. The van der Waals surface area contributed by atoms with Crippen LogP contribution in [0.15, 0.2) is 70.4 Å². The van der Waals surface area contributed by atoms with E-state index < -0.39 is 0 Å². The summed E-state index contributed by atoms with van der Waals surface area (Å²) in [4.78, 5) is 37.9. The summed E-state index contributed by atoms with van der Waals surface area (Å²) in [5.74, 6) is -0.269. The molecular weight excluding hydrogens is 565 g/mol. The number of azo groups is 1. The monoisotopic (exact) mass is 598 g/mol. The van der Waals surface area contributed by atoms with E-state index in [2.05, 4.69) is 39.2 Å². The summed E-state index contributed by atoms with van der Waals surface area (Å²) in [6.07, 6.45) is 6.54. The average Bonchev–Trinajstić information content (AvgIpc) is 3.57. The lowest BCUT2D eigenvalue weighted by atomic mass is 10.0. The predicted molar refractivity (Wildman–Crippen MR) is 171 cm³/mol. The number of anilines is 1. The van der Waals surface area contributed by atoms with Gasteiger partial charge in [0.25, 0.3) is 5.91 Å². The van der Waals surface area contributed by atoms with Gasteiger partial charge in [0.1, 0.15) is 4.83 Å². The Morgan fingerprint density at radius 1 is 1.07 bits per heavy atom. The van der Waals surface area contributed by atoms with Gasteiger partial charge in [-0.15, -0.1) is 21.6 Å². The summed E-state index contributed by atoms with van der Waals surface area (Å²) in [5, 5.41) is 9.56. The Kier molecular flexibility index (Phi) is 8.17. The van der Waals surface area contributed by atoms with Gasteiger partial charge in [-0.25, -0.2) is 9.78 Å². The summed E-state index contributed by atoms with van der Waals surface area (Å²) in [7, 11) is 1.54. The Morgan fingerprint density at radius 3 is 2.69 bits per heavy atom. The highest BCUT2D eigenvalue weighted by Gasteiger charge is 2.38. The topological polar surface area (TPSA) is 81.5 Å². The summed E-state index contributed by atoms with van der Waals surface area (Å²) in [6.45, 7) is 6.80. The summed E-state index contributed by atoms with van der Waals surface area (Å²) < 4.78 is 0.999. The van der Waals surface area contributed by atoms with E-state index >= 15 is 0 Å². The van der Waals surface area contributed by atoms with Gasteiger partial charge >= 0.3 is 6.03 Å². The molecule has 1 atom stereocenters. The number of carbonyl (C=O) groups excluding carboxylic acids is 2. The van der Waals surface area contributed by atoms with Gasteiger partial charge in [0, 0.05) is 42.8 Å². The highest BCUT2D eigenvalue weighted by atomic mass is 32.1. The SMILES string of the molecule is CCCCN1CCCc2cc(/N=N/c3nc4sc(/C=C5\C(=O)N(C)C(=O)N(Cc6ccccc6)C5C)cc4s3)ccc21. The first-order valence-corrected chi connectivity index (χ1v) is 16.1. The number of likely N-dealkylation sites (N-methyl/N-ethyl adjacent to an activating group) is 1. The molecule has 2 aliphatic rings. The van der Waals surface area contributed by atoms with Crippen molar-refractivity contribution in [3.8, 4) is 0 Å². The van der Waals surface area contributed by atoms with E-state index in [9.17, 15) is 9.59 Å². The molecular formula is C32H34N6O2S2. The van der Waals surface area contributed by atoms with Crippen LogP contribution in [-0.2, 0) is 17.8 Å². The highest BCUT2D eigenvalue weighted by molar-refractivity contribution is 7.29. The zero-order valence-electron chi connectivity index (χ0n) is 24.1. The summed E-state index contributed by atoms with van der Waals surface area (Å²) in [6, 6.07) is 17.6. The number of aryl methyl sites for hydroxylation is 1. The fourth-order valence-electron chi connectivity index (χ4n) is 5.57. The average molecular weight is 599 g/mol. The normalized spacial score (nSPS) is 18.6. The molecule has 0 saturated carbocycles. The number of carbonyl (C=O) groups is 2. The van der Waals surface area contributed by atoms with Crippen molar-refractivity contribution in [3.63, 3.8) is 0 Å². The molecule has 42 heavy (non-hydrogen) atoms. The van der Waals surface area contributed by atoms with Crippen LogP contribution in [0.1, 0.15) is 49.1 Å². The van der Waals surface area contributed by atoms with E-state index in [0.29, 0.717) is 17.2 Å². The van der Waals surface area contributed by atoms with Gasteiger partial charge in [-0.3, -0.25) is 9.69 Å². The predicted octanol–water partition coefficient (Wildman–Crippen LogP) is 8.19. The Labute approximate surface area is 254 Å². The van der Waals surface area contributed by atoms with E-state index in [-0.39, 0.29) is 18.0 Å². The molecule has 0 radical (unpaired) electrons. The number of amides is 3. The van der Waals surface area contributed by atoms with E-state index in [1.165, 1.54) is 58.1 Å². The Balaban J connectivity index is 1.19. The van der Waals surface area contributed by atoms with Gasteiger partial charge in [-0.05, 0) is 67.7 Å². The molecule has 3 amide bonds. The van der Waals surface area contributed by atoms with E-state index in [1.54, 1.807) is 11.9 Å². The van der Waals surface area contributed by atoms with Crippen LogP contribution in [0.25, 0.3) is 15.6 Å². The lowest BCUT2D eigenvalue weighted by Crippen LogP contribution is -2.55. The molecule has 2 aromatic heterocycles. The van der Waals surface area contributed by atoms with Crippen molar-refractivity contribution in [2.24, 2.45) is 10.2 Å². The third-order valence-corrected chi connectivity index (χ3v) is 9.89. The summed E-state index contributed by atoms with van der Waals surface area (Å²) >= 11 is 3.00. The second-order valence-corrected chi connectivity index (χ2v) is 12.9. The number of urea groups is 1. The van der Waals surface area contributed by atoms with Crippen molar-refractivity contribution >= 4 is 66.7 Å². The van der Waals surface area contributed by atoms with Crippen LogP contribution in [0.5, 0.6) is 0 Å². The highest BCUT2D eigenvalue weighted by Crippen LogP contribution is 2.37. The fourth-order valence-corrected chi connectivity index (χ4v) is 7.56. The van der Waals surface area contributed by atoms with Crippen LogP contribution in [0, 0.1) is 0 Å². The second-order valence-electron chi connectivity index (χ2n) is 10.8. The Bertz CT molecular complexity index is 1640. The van der Waals surface area contributed by atoms with Gasteiger partial charge in [0.2, 0.25) is 5.13 Å². The number of rotatable bonds is 8. The fraction of sp³-hybridized carbons (Fsp3) is 0.344. The molecule has 10 heteroatoms. The number of hydrogen-bond donors (Lipinski definition) is 0. The minimum Gasteiger partial charge on any atom is -0.371 e. The van der Waals surface area contributed by atoms with Crippen LogP contribution in [0.3, 0.4) is 0 Å². The van der Waals surface area contributed by atoms with Crippen LogP contribution >= 0.6 is 22.7 Å². The number of benzene rings is 2. The molecule has 0 aliphatic carbocycles. The smallest absolute Gasteiger partial charge is 0.327 e. The van der Waals surface area contributed by atoms with Crippen molar-refractivity contribution in [2.75, 3.05) is 25.0 Å². The van der Waals surface area contributed by atoms with Gasteiger partial charge < -0.3 is 9.80 Å². The quantitative estimate of drug-likeness (QED) is 0.151. The molecule has 2 aliphatic heterocycles. The molecule has 4 aromatic rings. The van der Waals surface area contributed by atoms with Gasteiger partial charge in [-0.1, -0.05) is 55.0 Å². The van der Waals surface area contributed by atoms with Crippen LogP contribution in [-0.4, -0.2) is 52.9 Å². The zero-order chi connectivity index (χ0) is 29.2. The van der Waals surface area contributed by atoms with Gasteiger partial charge in [0.15, 0.2) is 0 Å². The standard InChI is InChI=1S/C32H34N6O2S2/c1-4-5-15-37-16-9-12-23-17-24(13-14-27(23)37)34-35-31-33-29-28(42-31)19-25(41-29)18-26-21(2)38(32(40)36(3)30(26)39)20-22-10-7-6-8-11-22/h6-8,10-11,13-14,17-19,21H,4-5,9,12,15-16,20H2,1-3H3/b26-18-,35-34+. The number of thiazole rings is 1. The molecule has 0 bridgehead atoms. The molecule has 1 unspecified atom stereocenters. The van der Waals surface area contributed by atoms with Crippen LogP contribution in [0.2, 0.25) is 0 Å². The first-order valence-electron chi connectivity index (χ1n) is 14.5. The summed E-state index contributed by atoms with van der Waals surface area (Å²) in [5.41, 5.74) is 5.12. The molecule has 0 spiro atoms. The Hall–Kier alpha value is -3.89. The first-order chi connectivity index (χ1) is 20.4. The van der Waals surface area contributed by atoms with Crippen molar-refractivity contribution in [2.45, 2.75) is 52.1 Å². The number of hydrogen-bond acceptors (Lipinski definition) is 8. The number of fused-ring (bicyclic) bond motifs is 2. The number of thiophene rings is 1. The maximum atomic E-state index is 13.1. The van der Waals surface area contributed by atoms with Crippen molar-refractivity contribution in [1.29, 1.82) is 0 Å². The zero-order valence-corrected chi connectivity index (χ0v) is 25.7. The minimum absolute atomic E-state index is 0.269. The molecule has 0 N–H and O–H groups in total. The number of unbranched alkanes of at least 4 members (excludes halogenated alkanes) is 1. The van der Waals surface area contributed by atoms with Crippen molar-refractivity contribution < 1.29 is 9.59 Å². The van der Waals surface area contributed by atoms with Crippen LogP contribution in [0.4, 0.5) is 21.3 Å². The van der Waals surface area contributed by atoms with E-state index in [4.69, 9.17) is 0 Å². The lowest BCUT2D eigenvalue weighted by Gasteiger charge is -2.38. The number of imide groups is 1. The largest absolute Gasteiger partial charge is 0.371 e. The molecule has 4 heterocycles. The van der Waals surface area contributed by atoms with Crippen molar-refractivity contribution in [1.82, 2.24) is 14.8 Å². The number of nitrogens with zero attached hydrogens (tertiary/aromatic N) is 6. The third kappa shape index (κ3) is 5.73.